The van der Waals surface area contributed by atoms with Crippen LogP contribution in [0.1, 0.15) is 69.2 Å². The largest absolute Gasteiger partial charge is 0.494 e. The summed E-state index contributed by atoms with van der Waals surface area (Å²) in [5, 5.41) is 4.41. The minimum atomic E-state index is -0.923. The quantitative estimate of drug-likeness (QED) is 0.589. The molecule has 0 saturated carbocycles. The van der Waals surface area contributed by atoms with Crippen molar-refractivity contribution < 1.29 is 32.9 Å². The van der Waals surface area contributed by atoms with E-state index in [2.05, 4.69) is 5.16 Å². The van der Waals surface area contributed by atoms with E-state index in [1.54, 1.807) is 59.7 Å². The molecule has 2 heterocycles. The lowest BCUT2D eigenvalue weighted by molar-refractivity contribution is 0.00578. The summed E-state index contributed by atoms with van der Waals surface area (Å²) in [5.41, 5.74) is -1.66. The third-order valence-corrected chi connectivity index (χ3v) is 5.36. The minimum Gasteiger partial charge on any atom is -0.443 e. The van der Waals surface area contributed by atoms with Crippen LogP contribution in [-0.4, -0.2) is 46.9 Å². The molecule has 3 rings (SSSR count). The number of nitrogens with zero attached hydrogens (tertiary/aromatic N) is 2. The van der Waals surface area contributed by atoms with E-state index >= 15 is 0 Å². The Balaban J connectivity index is 2.05. The van der Waals surface area contributed by atoms with Gasteiger partial charge in [-0.1, -0.05) is 11.2 Å². The molecule has 1 fully saturated rings. The van der Waals surface area contributed by atoms with E-state index in [4.69, 9.17) is 23.3 Å². The van der Waals surface area contributed by atoms with Gasteiger partial charge >= 0.3 is 19.3 Å². The van der Waals surface area contributed by atoms with Gasteiger partial charge < -0.3 is 23.3 Å². The number of hydrogen-bond acceptors (Lipinski definition) is 8. The Morgan fingerprint density at radius 1 is 0.909 bits per heavy atom. The summed E-state index contributed by atoms with van der Waals surface area (Å²) >= 11 is 0. The van der Waals surface area contributed by atoms with Gasteiger partial charge in [-0.25, -0.2) is 9.59 Å². The van der Waals surface area contributed by atoms with Gasteiger partial charge in [0.1, 0.15) is 11.2 Å². The lowest BCUT2D eigenvalue weighted by Gasteiger charge is -2.32. The van der Waals surface area contributed by atoms with Crippen molar-refractivity contribution in [1.82, 2.24) is 5.16 Å². The van der Waals surface area contributed by atoms with Gasteiger partial charge in [-0.15, -0.1) is 0 Å². The van der Waals surface area contributed by atoms with E-state index in [0.29, 0.717) is 16.4 Å². The van der Waals surface area contributed by atoms with E-state index in [-0.39, 0.29) is 5.82 Å². The van der Waals surface area contributed by atoms with Crippen LogP contribution in [0.25, 0.3) is 11.0 Å². The normalized spacial score (nSPS) is 17.8. The molecule has 0 atom stereocenters. The van der Waals surface area contributed by atoms with Gasteiger partial charge in [0.15, 0.2) is 11.4 Å². The number of amides is 2. The van der Waals surface area contributed by atoms with Gasteiger partial charge in [0.05, 0.1) is 16.6 Å². The number of carbonyl (C=O) groups is 2. The van der Waals surface area contributed by atoms with Crippen molar-refractivity contribution in [1.29, 1.82) is 0 Å². The van der Waals surface area contributed by atoms with Crippen molar-refractivity contribution >= 4 is 41.6 Å². The number of ether oxygens (including phenoxy) is 2. The van der Waals surface area contributed by atoms with Gasteiger partial charge in [0.2, 0.25) is 0 Å². The molecular formula is C23H33BN2O7. The van der Waals surface area contributed by atoms with E-state index in [9.17, 15) is 9.59 Å². The molecule has 1 saturated heterocycles. The number of carbonyl (C=O) groups excluding carboxylic acids is 2. The zero-order valence-corrected chi connectivity index (χ0v) is 21.1. The van der Waals surface area contributed by atoms with E-state index in [1.165, 1.54) is 0 Å². The maximum absolute atomic E-state index is 13.0. The first-order valence-electron chi connectivity index (χ1n) is 10.9. The summed E-state index contributed by atoms with van der Waals surface area (Å²) in [6.07, 6.45) is -1.85. The Hall–Kier alpha value is -2.59. The molecule has 1 aliphatic rings. The number of aromatic nitrogens is 1. The smallest absolute Gasteiger partial charge is 0.443 e. The monoisotopic (exact) mass is 460 g/mol. The molecule has 0 aliphatic carbocycles. The number of hydrogen-bond donors (Lipinski definition) is 0. The van der Waals surface area contributed by atoms with Crippen molar-refractivity contribution in [3.8, 4) is 0 Å². The minimum absolute atomic E-state index is 0.0353. The average molecular weight is 460 g/mol. The third-order valence-electron chi connectivity index (χ3n) is 5.36. The number of rotatable bonds is 2. The van der Waals surface area contributed by atoms with Crippen LogP contribution >= 0.6 is 0 Å². The predicted molar refractivity (Wildman–Crippen MR) is 125 cm³/mol. The number of benzene rings is 1. The van der Waals surface area contributed by atoms with Crippen LogP contribution in [0.2, 0.25) is 0 Å². The zero-order chi connectivity index (χ0) is 25.0. The van der Waals surface area contributed by atoms with Gasteiger partial charge in [0, 0.05) is 0 Å². The van der Waals surface area contributed by atoms with Crippen molar-refractivity contribution in [3.63, 3.8) is 0 Å². The summed E-state index contributed by atoms with van der Waals surface area (Å²) < 4.78 is 28.6. The molecule has 33 heavy (non-hydrogen) atoms. The fourth-order valence-electron chi connectivity index (χ4n) is 3.09. The van der Waals surface area contributed by atoms with Crippen molar-refractivity contribution in [2.75, 3.05) is 4.90 Å². The van der Waals surface area contributed by atoms with Gasteiger partial charge in [-0.3, -0.25) is 0 Å². The highest BCUT2D eigenvalue weighted by molar-refractivity contribution is 6.62. The second-order valence-electron chi connectivity index (χ2n) is 11.1. The molecule has 1 aromatic heterocycles. The summed E-state index contributed by atoms with van der Waals surface area (Å²) in [6, 6.07) is 5.21. The average Bonchev–Trinajstić information content (AvgIpc) is 3.09. The molecule has 2 amide bonds. The Morgan fingerprint density at radius 2 is 1.39 bits per heavy atom. The summed E-state index contributed by atoms with van der Waals surface area (Å²) in [7, 11) is -0.640. The Kier molecular flexibility index (Phi) is 6.09. The van der Waals surface area contributed by atoms with E-state index < -0.39 is 41.7 Å². The highest BCUT2D eigenvalue weighted by Gasteiger charge is 2.51. The van der Waals surface area contributed by atoms with Gasteiger partial charge in [-0.2, -0.15) is 4.90 Å². The van der Waals surface area contributed by atoms with Crippen molar-refractivity contribution in [3.05, 3.63) is 18.2 Å². The van der Waals surface area contributed by atoms with Crippen LogP contribution in [0.4, 0.5) is 15.4 Å². The first-order valence-corrected chi connectivity index (χ1v) is 10.9. The zero-order valence-electron chi connectivity index (χ0n) is 21.1. The molecule has 2 aromatic rings. The highest BCUT2D eigenvalue weighted by Crippen LogP contribution is 2.37. The molecule has 0 unspecified atom stereocenters. The molecule has 9 nitrogen and oxygen atoms in total. The summed E-state index contributed by atoms with van der Waals surface area (Å²) in [4.78, 5) is 26.8. The van der Waals surface area contributed by atoms with Crippen LogP contribution in [-0.2, 0) is 18.8 Å². The van der Waals surface area contributed by atoms with E-state index in [0.717, 1.165) is 4.90 Å². The van der Waals surface area contributed by atoms with E-state index in [1.807, 2.05) is 27.7 Å². The Morgan fingerprint density at radius 3 is 1.85 bits per heavy atom. The first kappa shape index (κ1) is 25.0. The lowest BCUT2D eigenvalue weighted by Crippen LogP contribution is -2.44. The maximum Gasteiger partial charge on any atom is 0.494 e. The second kappa shape index (κ2) is 8.02. The van der Waals surface area contributed by atoms with Gasteiger partial charge in [0.25, 0.3) is 0 Å². The summed E-state index contributed by atoms with van der Waals surface area (Å²) in [6.45, 7) is 18.1. The van der Waals surface area contributed by atoms with Crippen LogP contribution in [0.3, 0.4) is 0 Å². The topological polar surface area (TPSA) is 100 Å². The molecule has 0 bridgehead atoms. The molecule has 10 heteroatoms. The molecule has 1 aromatic carbocycles. The fraction of sp³-hybridized carbons (Fsp3) is 0.609. The van der Waals surface area contributed by atoms with Gasteiger partial charge in [-0.05, 0) is 86.8 Å². The maximum atomic E-state index is 13.0. The van der Waals surface area contributed by atoms with Crippen LogP contribution in [0.15, 0.2) is 22.7 Å². The molecule has 0 N–H and O–H groups in total. The lowest BCUT2D eigenvalue weighted by atomic mass is 9.78. The van der Waals surface area contributed by atoms with Crippen molar-refractivity contribution in [2.24, 2.45) is 0 Å². The molecule has 1 aliphatic heterocycles. The molecule has 0 spiro atoms. The number of imide groups is 1. The van der Waals surface area contributed by atoms with Crippen LogP contribution < -0.4 is 10.4 Å². The predicted octanol–water partition coefficient (Wildman–Crippen LogP) is 4.80. The Bertz CT molecular complexity index is 1020. The second-order valence-corrected chi connectivity index (χ2v) is 11.1. The summed E-state index contributed by atoms with van der Waals surface area (Å²) in [5.74, 6) is -0.0353. The fourth-order valence-corrected chi connectivity index (χ4v) is 3.09. The SMILES string of the molecule is CC(C)(C)OC(=O)N(C(=O)OC(C)(C)C)c1noc2ccc(B3OC(C)(C)C(C)(C)O3)cc12. The molecule has 0 radical (unpaired) electrons. The molecular weight excluding hydrogens is 427 g/mol. The highest BCUT2D eigenvalue weighted by atomic mass is 16.7. The first-order chi connectivity index (χ1) is 14.9. The Labute approximate surface area is 194 Å². The number of anilines is 1. The standard InChI is InChI=1S/C23H33BN2O7/c1-20(2,3)29-18(27)26(19(28)30-21(4,5)6)17-15-13-14(11-12-16(15)31-25-17)24-32-22(7,8)23(9,10)33-24/h11-13H,1-10H3. The number of fused-ring (bicyclic) bond motifs is 1. The van der Waals surface area contributed by atoms with Crippen LogP contribution in [0.5, 0.6) is 0 Å². The molecule has 180 valence electrons. The third kappa shape index (κ3) is 5.33. The van der Waals surface area contributed by atoms with Crippen LogP contribution in [0, 0.1) is 0 Å². The van der Waals surface area contributed by atoms with Crippen molar-refractivity contribution in [2.45, 2.75) is 91.6 Å².